The minimum absolute atomic E-state index is 0.0679. The first-order valence-corrected chi connectivity index (χ1v) is 6.07. The van der Waals surface area contributed by atoms with Gasteiger partial charge in [-0.2, -0.15) is 0 Å². The predicted octanol–water partition coefficient (Wildman–Crippen LogP) is 3.22. The van der Waals surface area contributed by atoms with Crippen LogP contribution < -0.4 is 5.73 Å². The molecule has 0 fully saturated rings. The van der Waals surface area contributed by atoms with Crippen LogP contribution >= 0.6 is 11.8 Å². The fourth-order valence-corrected chi connectivity index (χ4v) is 2.37. The molecule has 0 bridgehead atoms. The normalized spacial score (nSPS) is 13.2. The Labute approximate surface area is 95.2 Å². The SMILES string of the molecule is CC(N)Cc1cc(F)ccc1SC(C)C. The Hall–Kier alpha value is -0.540. The second-order valence-electron chi connectivity index (χ2n) is 4.10. The number of halogens is 1. The van der Waals surface area contributed by atoms with Gasteiger partial charge in [-0.1, -0.05) is 13.8 Å². The molecule has 0 heterocycles. The van der Waals surface area contributed by atoms with Crippen LogP contribution in [0.2, 0.25) is 0 Å². The average Bonchev–Trinajstić information content (AvgIpc) is 2.08. The van der Waals surface area contributed by atoms with Crippen LogP contribution in [0, 0.1) is 5.82 Å². The third kappa shape index (κ3) is 4.22. The third-order valence-corrected chi connectivity index (χ3v) is 3.05. The Morgan fingerprint density at radius 1 is 1.33 bits per heavy atom. The van der Waals surface area contributed by atoms with Gasteiger partial charge < -0.3 is 5.73 Å². The van der Waals surface area contributed by atoms with Crippen LogP contribution in [0.15, 0.2) is 23.1 Å². The van der Waals surface area contributed by atoms with Crippen LogP contribution in [-0.4, -0.2) is 11.3 Å². The Morgan fingerprint density at radius 2 is 2.00 bits per heavy atom. The molecular formula is C12H18FNS. The highest BCUT2D eigenvalue weighted by atomic mass is 32.2. The summed E-state index contributed by atoms with van der Waals surface area (Å²) in [5.74, 6) is -0.182. The van der Waals surface area contributed by atoms with E-state index in [0.717, 1.165) is 16.9 Å². The van der Waals surface area contributed by atoms with E-state index < -0.39 is 0 Å². The van der Waals surface area contributed by atoms with Crippen LogP contribution in [0.1, 0.15) is 26.3 Å². The highest BCUT2D eigenvalue weighted by Crippen LogP contribution is 2.27. The molecule has 0 aromatic heterocycles. The molecule has 1 rings (SSSR count). The van der Waals surface area contributed by atoms with Crippen LogP contribution in [0.25, 0.3) is 0 Å². The van der Waals surface area contributed by atoms with E-state index in [4.69, 9.17) is 5.73 Å². The van der Waals surface area contributed by atoms with Gasteiger partial charge in [0.2, 0.25) is 0 Å². The average molecular weight is 227 g/mol. The van der Waals surface area contributed by atoms with Crippen LogP contribution in [0.4, 0.5) is 4.39 Å². The maximum Gasteiger partial charge on any atom is 0.123 e. The van der Waals surface area contributed by atoms with Crippen molar-refractivity contribution in [2.24, 2.45) is 5.73 Å². The van der Waals surface area contributed by atoms with Gasteiger partial charge in [-0.3, -0.25) is 0 Å². The molecule has 0 aliphatic rings. The van der Waals surface area contributed by atoms with E-state index in [2.05, 4.69) is 13.8 Å². The van der Waals surface area contributed by atoms with Gasteiger partial charge in [0.05, 0.1) is 0 Å². The van der Waals surface area contributed by atoms with Gasteiger partial charge in [-0.25, -0.2) is 4.39 Å². The largest absolute Gasteiger partial charge is 0.328 e. The van der Waals surface area contributed by atoms with E-state index in [9.17, 15) is 4.39 Å². The summed E-state index contributed by atoms with van der Waals surface area (Å²) in [6.45, 7) is 6.20. The van der Waals surface area contributed by atoms with Crippen molar-refractivity contribution >= 4 is 11.8 Å². The molecule has 0 amide bonds. The number of nitrogens with two attached hydrogens (primary N) is 1. The van der Waals surface area contributed by atoms with Crippen LogP contribution in [0.5, 0.6) is 0 Å². The first-order chi connectivity index (χ1) is 6.99. The minimum atomic E-state index is -0.182. The summed E-state index contributed by atoms with van der Waals surface area (Å²) in [6, 6.07) is 5.01. The zero-order valence-electron chi connectivity index (χ0n) is 9.46. The lowest BCUT2D eigenvalue weighted by Gasteiger charge is -2.13. The summed E-state index contributed by atoms with van der Waals surface area (Å²) in [6.07, 6.45) is 0.729. The lowest BCUT2D eigenvalue weighted by molar-refractivity contribution is 0.620. The second kappa shape index (κ2) is 5.52. The zero-order valence-corrected chi connectivity index (χ0v) is 10.3. The first kappa shape index (κ1) is 12.5. The molecule has 0 aliphatic heterocycles. The summed E-state index contributed by atoms with van der Waals surface area (Å²) < 4.78 is 13.1. The van der Waals surface area contributed by atoms with Gasteiger partial charge in [0.25, 0.3) is 0 Å². The number of rotatable bonds is 4. The lowest BCUT2D eigenvalue weighted by Crippen LogP contribution is -2.18. The van der Waals surface area contributed by atoms with Gasteiger partial charge >= 0.3 is 0 Å². The molecule has 1 atom stereocenters. The summed E-state index contributed by atoms with van der Waals surface area (Å²) >= 11 is 1.75. The highest BCUT2D eigenvalue weighted by molar-refractivity contribution is 8.00. The smallest absolute Gasteiger partial charge is 0.123 e. The molecule has 1 unspecified atom stereocenters. The molecule has 1 aromatic rings. The van der Waals surface area contributed by atoms with Crippen molar-refractivity contribution in [2.45, 2.75) is 43.4 Å². The van der Waals surface area contributed by atoms with Crippen molar-refractivity contribution in [2.75, 3.05) is 0 Å². The van der Waals surface area contributed by atoms with E-state index in [1.165, 1.54) is 6.07 Å². The van der Waals surface area contributed by atoms with Gasteiger partial charge in [-0.05, 0) is 37.1 Å². The Morgan fingerprint density at radius 3 is 2.53 bits per heavy atom. The number of thioether (sulfide) groups is 1. The van der Waals surface area contributed by atoms with Gasteiger partial charge in [0.1, 0.15) is 5.82 Å². The monoisotopic (exact) mass is 227 g/mol. The molecule has 15 heavy (non-hydrogen) atoms. The standard InChI is InChI=1S/C12H18FNS/c1-8(2)15-12-5-4-11(13)7-10(12)6-9(3)14/h4-5,7-9H,6,14H2,1-3H3. The van der Waals surface area contributed by atoms with Crippen molar-refractivity contribution in [1.29, 1.82) is 0 Å². The Bertz CT molecular complexity index is 323. The molecule has 0 saturated carbocycles. The summed E-state index contributed by atoms with van der Waals surface area (Å²) in [4.78, 5) is 1.14. The van der Waals surface area contributed by atoms with Gasteiger partial charge in [0, 0.05) is 16.2 Å². The molecule has 84 valence electrons. The molecule has 0 saturated heterocycles. The Kier molecular flexibility index (Phi) is 4.61. The van der Waals surface area contributed by atoms with E-state index in [1.54, 1.807) is 17.8 Å². The fraction of sp³-hybridized carbons (Fsp3) is 0.500. The maximum atomic E-state index is 13.1. The summed E-state index contributed by atoms with van der Waals surface area (Å²) in [5, 5.41) is 0.502. The number of hydrogen-bond donors (Lipinski definition) is 1. The topological polar surface area (TPSA) is 26.0 Å². The second-order valence-corrected chi connectivity index (χ2v) is 5.72. The maximum absolute atomic E-state index is 13.1. The molecule has 3 heteroatoms. The quantitative estimate of drug-likeness (QED) is 0.799. The van der Waals surface area contributed by atoms with Crippen molar-refractivity contribution in [1.82, 2.24) is 0 Å². The summed E-state index contributed by atoms with van der Waals surface area (Å²) in [5.41, 5.74) is 6.76. The van der Waals surface area contributed by atoms with Crippen molar-refractivity contribution in [3.8, 4) is 0 Å². The first-order valence-electron chi connectivity index (χ1n) is 5.19. The fourth-order valence-electron chi connectivity index (χ4n) is 1.42. The van der Waals surface area contributed by atoms with E-state index >= 15 is 0 Å². The molecule has 2 N–H and O–H groups in total. The van der Waals surface area contributed by atoms with Gasteiger partial charge in [-0.15, -0.1) is 11.8 Å². The van der Waals surface area contributed by atoms with E-state index in [0.29, 0.717) is 5.25 Å². The van der Waals surface area contributed by atoms with Crippen molar-refractivity contribution in [3.05, 3.63) is 29.6 Å². The highest BCUT2D eigenvalue weighted by Gasteiger charge is 2.08. The van der Waals surface area contributed by atoms with Crippen molar-refractivity contribution < 1.29 is 4.39 Å². The van der Waals surface area contributed by atoms with Crippen LogP contribution in [0.3, 0.4) is 0 Å². The number of hydrogen-bond acceptors (Lipinski definition) is 2. The predicted molar refractivity (Wildman–Crippen MR) is 64.7 cm³/mol. The number of benzene rings is 1. The zero-order chi connectivity index (χ0) is 11.4. The van der Waals surface area contributed by atoms with Crippen LogP contribution in [-0.2, 0) is 6.42 Å². The minimum Gasteiger partial charge on any atom is -0.328 e. The lowest BCUT2D eigenvalue weighted by atomic mass is 10.1. The van der Waals surface area contributed by atoms with E-state index in [1.807, 2.05) is 13.0 Å². The molecule has 1 nitrogen and oxygen atoms in total. The molecule has 0 spiro atoms. The summed E-state index contributed by atoms with van der Waals surface area (Å²) in [7, 11) is 0. The Balaban J connectivity index is 2.92. The molecule has 0 aliphatic carbocycles. The molecule has 1 aromatic carbocycles. The molecule has 0 radical (unpaired) electrons. The third-order valence-electron chi connectivity index (χ3n) is 1.93. The van der Waals surface area contributed by atoms with E-state index in [-0.39, 0.29) is 11.9 Å². The van der Waals surface area contributed by atoms with Crippen molar-refractivity contribution in [3.63, 3.8) is 0 Å². The van der Waals surface area contributed by atoms with Gasteiger partial charge in [0.15, 0.2) is 0 Å². The molecular weight excluding hydrogens is 209 g/mol.